The van der Waals surface area contributed by atoms with Gasteiger partial charge in [0.2, 0.25) is 0 Å². The van der Waals surface area contributed by atoms with E-state index in [1.54, 1.807) is 18.6 Å². The lowest BCUT2D eigenvalue weighted by atomic mass is 10.1. The third kappa shape index (κ3) is 3.64. The predicted molar refractivity (Wildman–Crippen MR) is 105 cm³/mol. The van der Waals surface area contributed by atoms with Gasteiger partial charge >= 0.3 is 0 Å². The molecule has 0 atom stereocenters. The van der Waals surface area contributed by atoms with Crippen molar-refractivity contribution in [2.24, 2.45) is 0 Å². The lowest BCUT2D eigenvalue weighted by molar-refractivity contribution is 0.0398. The molecular weight excluding hydrogens is 373 g/mol. The monoisotopic (exact) mass is 391 g/mol. The minimum absolute atomic E-state index is 0.461. The zero-order valence-corrected chi connectivity index (χ0v) is 15.7. The van der Waals surface area contributed by atoms with Gasteiger partial charge in [0.1, 0.15) is 5.82 Å². The number of halogens is 2. The van der Waals surface area contributed by atoms with Crippen LogP contribution < -0.4 is 5.32 Å². The second-order valence-corrected chi connectivity index (χ2v) is 6.92. The molecule has 1 saturated heterocycles. The number of hydrogen-bond acceptors (Lipinski definition) is 5. The van der Waals surface area contributed by atoms with Gasteiger partial charge in [-0.2, -0.15) is 0 Å². The minimum Gasteiger partial charge on any atom is -0.379 e. The minimum atomic E-state index is 0.461. The van der Waals surface area contributed by atoms with E-state index in [-0.39, 0.29) is 0 Å². The third-order valence-corrected chi connectivity index (χ3v) is 5.27. The molecule has 0 saturated carbocycles. The van der Waals surface area contributed by atoms with Crippen LogP contribution in [0.4, 0.5) is 5.82 Å². The summed E-state index contributed by atoms with van der Waals surface area (Å²) in [6, 6.07) is 5.73. The number of morpholine rings is 1. The van der Waals surface area contributed by atoms with Gasteiger partial charge in [0, 0.05) is 50.0 Å². The normalized spacial score (nSPS) is 15.5. The summed E-state index contributed by atoms with van der Waals surface area (Å²) < 4.78 is 7.33. The lowest BCUT2D eigenvalue weighted by Crippen LogP contribution is -2.39. The molecule has 1 aromatic carbocycles. The molecule has 0 amide bonds. The van der Waals surface area contributed by atoms with Crippen LogP contribution in [0.5, 0.6) is 0 Å². The molecular formula is C18H19Cl2N5O. The number of fused-ring (bicyclic) bond motifs is 1. The number of imidazole rings is 1. The van der Waals surface area contributed by atoms with Gasteiger partial charge in [0.15, 0.2) is 0 Å². The third-order valence-electron chi connectivity index (χ3n) is 4.47. The Kier molecular flexibility index (Phi) is 5.26. The molecule has 2 aromatic heterocycles. The first-order valence-electron chi connectivity index (χ1n) is 8.53. The van der Waals surface area contributed by atoms with Gasteiger partial charge in [0.25, 0.3) is 0 Å². The first-order chi connectivity index (χ1) is 12.7. The van der Waals surface area contributed by atoms with E-state index in [0.29, 0.717) is 15.6 Å². The number of aromatic nitrogens is 3. The number of rotatable bonds is 5. The van der Waals surface area contributed by atoms with Gasteiger partial charge in [-0.1, -0.05) is 23.2 Å². The van der Waals surface area contributed by atoms with Crippen LogP contribution in [0.2, 0.25) is 10.0 Å². The predicted octanol–water partition coefficient (Wildman–Crippen LogP) is 3.47. The van der Waals surface area contributed by atoms with Gasteiger partial charge in [0.05, 0.1) is 40.8 Å². The van der Waals surface area contributed by atoms with E-state index in [1.165, 1.54) is 0 Å². The van der Waals surface area contributed by atoms with Crippen molar-refractivity contribution in [2.45, 2.75) is 0 Å². The van der Waals surface area contributed by atoms with E-state index in [9.17, 15) is 0 Å². The fourth-order valence-corrected chi connectivity index (χ4v) is 3.45. The molecule has 3 heterocycles. The lowest BCUT2D eigenvalue weighted by Gasteiger charge is -2.26. The maximum Gasteiger partial charge on any atom is 0.128 e. The summed E-state index contributed by atoms with van der Waals surface area (Å²) in [6.45, 7) is 5.26. The zero-order valence-electron chi connectivity index (χ0n) is 14.2. The number of pyridine rings is 1. The van der Waals surface area contributed by atoms with Crippen LogP contribution in [0.25, 0.3) is 16.6 Å². The van der Waals surface area contributed by atoms with E-state index >= 15 is 0 Å². The van der Waals surface area contributed by atoms with Crippen LogP contribution in [0.1, 0.15) is 0 Å². The van der Waals surface area contributed by atoms with Gasteiger partial charge in [-0.3, -0.25) is 4.90 Å². The average molecular weight is 392 g/mol. The van der Waals surface area contributed by atoms with Crippen molar-refractivity contribution in [3.8, 4) is 5.69 Å². The Bertz CT molecular complexity index is 894. The SMILES string of the molecule is Clc1ccc2c(-n3ccnc3)cc(NCCN3CCOCC3)nc2c1Cl. The second-order valence-electron chi connectivity index (χ2n) is 6.13. The smallest absolute Gasteiger partial charge is 0.128 e. The molecule has 6 nitrogen and oxygen atoms in total. The van der Waals surface area contributed by atoms with E-state index in [0.717, 1.165) is 56.3 Å². The highest BCUT2D eigenvalue weighted by molar-refractivity contribution is 6.45. The summed E-state index contributed by atoms with van der Waals surface area (Å²) >= 11 is 12.6. The van der Waals surface area contributed by atoms with Crippen molar-refractivity contribution in [1.29, 1.82) is 0 Å². The fourth-order valence-electron chi connectivity index (χ4n) is 3.09. The van der Waals surface area contributed by atoms with Crippen LogP contribution in [0.3, 0.4) is 0 Å². The van der Waals surface area contributed by atoms with Crippen LogP contribution in [-0.4, -0.2) is 58.8 Å². The molecule has 1 aliphatic rings. The molecule has 0 bridgehead atoms. The molecule has 0 spiro atoms. The maximum absolute atomic E-state index is 6.42. The standard InChI is InChI=1S/C18H19Cl2N5O/c19-14-2-1-13-15(25-6-3-21-12-25)11-16(23-18(13)17(14)20)22-4-5-24-7-9-26-10-8-24/h1-3,6,11-12H,4-5,7-10H2,(H,22,23). The van der Waals surface area contributed by atoms with Crippen LogP contribution in [0, 0.1) is 0 Å². The average Bonchev–Trinajstić information content (AvgIpc) is 3.20. The van der Waals surface area contributed by atoms with E-state index < -0.39 is 0 Å². The van der Waals surface area contributed by atoms with Gasteiger partial charge in [-0.25, -0.2) is 9.97 Å². The Labute approximate surface area is 161 Å². The molecule has 4 rings (SSSR count). The molecule has 1 fully saturated rings. The molecule has 8 heteroatoms. The Hall–Kier alpha value is -1.86. The Balaban J connectivity index is 1.63. The van der Waals surface area contributed by atoms with Crippen molar-refractivity contribution in [3.05, 3.63) is 47.0 Å². The van der Waals surface area contributed by atoms with Crippen molar-refractivity contribution in [1.82, 2.24) is 19.4 Å². The summed E-state index contributed by atoms with van der Waals surface area (Å²) in [5, 5.41) is 5.29. The van der Waals surface area contributed by atoms with Gasteiger partial charge in [-0.05, 0) is 12.1 Å². The number of nitrogens with one attached hydrogen (secondary N) is 1. The summed E-state index contributed by atoms with van der Waals surface area (Å²) in [5.41, 5.74) is 1.64. The van der Waals surface area contributed by atoms with Crippen LogP contribution >= 0.6 is 23.2 Å². The summed E-state index contributed by atoms with van der Waals surface area (Å²) in [7, 11) is 0. The summed E-state index contributed by atoms with van der Waals surface area (Å²) in [4.78, 5) is 11.2. The van der Waals surface area contributed by atoms with E-state index in [1.807, 2.05) is 22.9 Å². The highest BCUT2D eigenvalue weighted by Crippen LogP contribution is 2.33. The number of benzene rings is 1. The van der Waals surface area contributed by atoms with Crippen molar-refractivity contribution < 1.29 is 4.74 Å². The number of anilines is 1. The van der Waals surface area contributed by atoms with E-state index in [4.69, 9.17) is 27.9 Å². The largest absolute Gasteiger partial charge is 0.379 e. The summed E-state index contributed by atoms with van der Waals surface area (Å²) in [5.74, 6) is 0.763. The highest BCUT2D eigenvalue weighted by atomic mass is 35.5. The van der Waals surface area contributed by atoms with Crippen molar-refractivity contribution in [2.75, 3.05) is 44.7 Å². The van der Waals surface area contributed by atoms with Gasteiger partial charge < -0.3 is 14.6 Å². The Morgan fingerprint density at radius 3 is 2.81 bits per heavy atom. The molecule has 1 aliphatic heterocycles. The molecule has 0 radical (unpaired) electrons. The van der Waals surface area contributed by atoms with Gasteiger partial charge in [-0.15, -0.1) is 0 Å². The topological polar surface area (TPSA) is 55.2 Å². The number of ether oxygens (including phenoxy) is 1. The number of hydrogen-bond donors (Lipinski definition) is 1. The molecule has 0 aliphatic carbocycles. The molecule has 1 N–H and O–H groups in total. The quantitative estimate of drug-likeness (QED) is 0.721. The molecule has 26 heavy (non-hydrogen) atoms. The molecule has 136 valence electrons. The van der Waals surface area contributed by atoms with Crippen molar-refractivity contribution >= 4 is 39.9 Å². The van der Waals surface area contributed by atoms with E-state index in [2.05, 4.69) is 20.2 Å². The fraction of sp³-hybridized carbons (Fsp3) is 0.333. The second kappa shape index (κ2) is 7.80. The molecule has 0 unspecified atom stereocenters. The van der Waals surface area contributed by atoms with Crippen LogP contribution in [0.15, 0.2) is 36.9 Å². The van der Waals surface area contributed by atoms with Crippen molar-refractivity contribution in [3.63, 3.8) is 0 Å². The molecule has 3 aromatic rings. The Morgan fingerprint density at radius 2 is 2.04 bits per heavy atom. The summed E-state index contributed by atoms with van der Waals surface area (Å²) in [6.07, 6.45) is 5.40. The zero-order chi connectivity index (χ0) is 17.9. The maximum atomic E-state index is 6.42. The first kappa shape index (κ1) is 17.5. The Morgan fingerprint density at radius 1 is 1.19 bits per heavy atom. The van der Waals surface area contributed by atoms with Crippen LogP contribution in [-0.2, 0) is 4.74 Å². The first-order valence-corrected chi connectivity index (χ1v) is 9.29. The highest BCUT2D eigenvalue weighted by Gasteiger charge is 2.13. The number of nitrogens with zero attached hydrogens (tertiary/aromatic N) is 4.